The third-order valence-electron chi connectivity index (χ3n) is 1.94. The van der Waals surface area contributed by atoms with E-state index in [4.69, 9.17) is 4.74 Å². The lowest BCUT2D eigenvalue weighted by Gasteiger charge is -2.15. The van der Waals surface area contributed by atoms with E-state index in [1.54, 1.807) is 13.3 Å². The first-order valence-electron chi connectivity index (χ1n) is 3.64. The number of aliphatic imine (C=N–C) groups is 1. The molecule has 0 saturated carbocycles. The molecule has 3 nitrogen and oxygen atoms in total. The molecule has 2 rings (SSSR count). The van der Waals surface area contributed by atoms with Crippen LogP contribution in [0.4, 0.5) is 0 Å². The number of amidine groups is 1. The van der Waals surface area contributed by atoms with Crippen LogP contribution in [0.1, 0.15) is 6.42 Å². The summed E-state index contributed by atoms with van der Waals surface area (Å²) in [6.07, 6.45) is 6.73. The van der Waals surface area contributed by atoms with Gasteiger partial charge in [-0.3, -0.25) is 0 Å². The van der Waals surface area contributed by atoms with E-state index >= 15 is 0 Å². The van der Waals surface area contributed by atoms with Gasteiger partial charge in [-0.05, 0) is 6.20 Å². The molecule has 0 spiro atoms. The first kappa shape index (κ1) is 6.46. The maximum atomic E-state index is 5.09. The van der Waals surface area contributed by atoms with Crippen molar-refractivity contribution in [1.82, 2.24) is 5.32 Å². The summed E-state index contributed by atoms with van der Waals surface area (Å²) in [5.74, 6) is 2.40. The lowest BCUT2D eigenvalue weighted by atomic mass is 10.0. The van der Waals surface area contributed by atoms with Crippen LogP contribution in [-0.4, -0.2) is 12.9 Å². The Hall–Kier alpha value is -1.25. The molecule has 3 heteroatoms. The van der Waals surface area contributed by atoms with Crippen LogP contribution < -0.4 is 5.32 Å². The topological polar surface area (TPSA) is 33.6 Å². The van der Waals surface area contributed by atoms with Gasteiger partial charge in [0.25, 0.3) is 0 Å². The molecule has 0 amide bonds. The molecular formula is C8H10N2O. The monoisotopic (exact) mass is 150 g/mol. The van der Waals surface area contributed by atoms with E-state index in [1.807, 2.05) is 6.20 Å². The van der Waals surface area contributed by atoms with E-state index in [1.165, 1.54) is 0 Å². The third kappa shape index (κ3) is 1.02. The number of methoxy groups -OCH3 is 1. The average molecular weight is 150 g/mol. The van der Waals surface area contributed by atoms with Crippen LogP contribution in [-0.2, 0) is 4.74 Å². The second-order valence-electron chi connectivity index (χ2n) is 2.63. The van der Waals surface area contributed by atoms with Gasteiger partial charge in [0, 0.05) is 12.3 Å². The highest BCUT2D eigenvalue weighted by Crippen LogP contribution is 2.22. The van der Waals surface area contributed by atoms with Crippen LogP contribution in [0.3, 0.4) is 0 Å². The summed E-state index contributed by atoms with van der Waals surface area (Å²) in [6.45, 7) is 0. The second kappa shape index (κ2) is 2.42. The van der Waals surface area contributed by atoms with Crippen molar-refractivity contribution in [1.29, 1.82) is 0 Å². The Kier molecular flexibility index (Phi) is 1.42. The van der Waals surface area contributed by atoms with Gasteiger partial charge in [-0.2, -0.15) is 0 Å². The van der Waals surface area contributed by atoms with Gasteiger partial charge in [-0.1, -0.05) is 6.08 Å². The predicted octanol–water partition coefficient (Wildman–Crippen LogP) is 1.01. The summed E-state index contributed by atoms with van der Waals surface area (Å²) in [4.78, 5) is 4.20. The number of nitrogens with one attached hydrogen (secondary N) is 1. The Morgan fingerprint density at radius 3 is 3.45 bits per heavy atom. The van der Waals surface area contributed by atoms with E-state index in [2.05, 4.69) is 16.4 Å². The number of hydrogen-bond acceptors (Lipinski definition) is 3. The van der Waals surface area contributed by atoms with Gasteiger partial charge in [0.05, 0.1) is 13.3 Å². The van der Waals surface area contributed by atoms with Crippen molar-refractivity contribution in [3.05, 3.63) is 24.2 Å². The number of allylic oxidation sites excluding steroid dienone is 1. The van der Waals surface area contributed by atoms with Crippen LogP contribution in [0.2, 0.25) is 0 Å². The molecule has 2 aliphatic rings. The molecule has 0 fully saturated rings. The smallest absolute Gasteiger partial charge is 0.115 e. The van der Waals surface area contributed by atoms with Gasteiger partial charge < -0.3 is 10.1 Å². The molecule has 0 aliphatic carbocycles. The molecule has 58 valence electrons. The van der Waals surface area contributed by atoms with E-state index in [0.717, 1.165) is 18.0 Å². The van der Waals surface area contributed by atoms with Gasteiger partial charge in [0.15, 0.2) is 0 Å². The molecule has 11 heavy (non-hydrogen) atoms. The number of ether oxygens (including phenoxy) is 1. The number of hydrogen-bond donors (Lipinski definition) is 1. The van der Waals surface area contributed by atoms with Crippen LogP contribution in [0, 0.1) is 5.92 Å². The van der Waals surface area contributed by atoms with Gasteiger partial charge in [-0.25, -0.2) is 4.99 Å². The number of nitrogens with zero attached hydrogens (tertiary/aromatic N) is 1. The largest absolute Gasteiger partial charge is 0.499 e. The third-order valence-corrected chi connectivity index (χ3v) is 1.94. The van der Waals surface area contributed by atoms with Gasteiger partial charge in [0.2, 0.25) is 0 Å². The maximum absolute atomic E-state index is 5.09. The molecule has 0 aromatic carbocycles. The SMILES string of the molecule is COC1=CN=C2NC=CC2C1. The standard InChI is InChI=1S/C8H10N2O/c1-11-7-4-6-2-3-9-8(6)10-5-7/h2-3,5-6H,4H2,1H3,(H,9,10). The summed E-state index contributed by atoms with van der Waals surface area (Å²) < 4.78 is 5.09. The van der Waals surface area contributed by atoms with Crippen molar-refractivity contribution in [2.45, 2.75) is 6.42 Å². The predicted molar refractivity (Wildman–Crippen MR) is 42.9 cm³/mol. The summed E-state index contributed by atoms with van der Waals surface area (Å²) in [7, 11) is 1.68. The lowest BCUT2D eigenvalue weighted by molar-refractivity contribution is 0.270. The van der Waals surface area contributed by atoms with Crippen molar-refractivity contribution < 1.29 is 4.74 Å². The van der Waals surface area contributed by atoms with Crippen molar-refractivity contribution in [3.63, 3.8) is 0 Å². The van der Waals surface area contributed by atoms with Gasteiger partial charge >= 0.3 is 0 Å². The Bertz CT molecular complexity index is 253. The highest BCUT2D eigenvalue weighted by atomic mass is 16.5. The first-order valence-corrected chi connectivity index (χ1v) is 3.64. The van der Waals surface area contributed by atoms with Crippen molar-refractivity contribution in [2.24, 2.45) is 10.9 Å². The normalized spacial score (nSPS) is 26.8. The van der Waals surface area contributed by atoms with Crippen molar-refractivity contribution >= 4 is 5.84 Å². The zero-order chi connectivity index (χ0) is 7.68. The number of fused-ring (bicyclic) bond motifs is 1. The minimum atomic E-state index is 0.412. The highest BCUT2D eigenvalue weighted by molar-refractivity contribution is 5.90. The number of rotatable bonds is 1. The average Bonchev–Trinajstić information content (AvgIpc) is 2.50. The lowest BCUT2D eigenvalue weighted by Crippen LogP contribution is -2.22. The van der Waals surface area contributed by atoms with Crippen molar-refractivity contribution in [3.8, 4) is 0 Å². The fraction of sp³-hybridized carbons (Fsp3) is 0.375. The molecule has 0 radical (unpaired) electrons. The zero-order valence-electron chi connectivity index (χ0n) is 6.37. The molecule has 0 bridgehead atoms. The van der Waals surface area contributed by atoms with Crippen LogP contribution in [0.15, 0.2) is 29.2 Å². The molecule has 0 saturated heterocycles. The summed E-state index contributed by atoms with van der Waals surface area (Å²) in [5, 5.41) is 3.07. The summed E-state index contributed by atoms with van der Waals surface area (Å²) in [5.41, 5.74) is 0. The Morgan fingerprint density at radius 1 is 1.73 bits per heavy atom. The quantitative estimate of drug-likeness (QED) is 0.605. The van der Waals surface area contributed by atoms with E-state index in [0.29, 0.717) is 5.92 Å². The maximum Gasteiger partial charge on any atom is 0.115 e. The van der Waals surface area contributed by atoms with Crippen LogP contribution in [0.25, 0.3) is 0 Å². The van der Waals surface area contributed by atoms with Crippen molar-refractivity contribution in [2.75, 3.05) is 7.11 Å². The molecule has 0 aromatic heterocycles. The molecule has 1 N–H and O–H groups in total. The zero-order valence-corrected chi connectivity index (χ0v) is 6.37. The molecule has 0 aromatic rings. The molecule has 2 aliphatic heterocycles. The Labute approximate surface area is 65.5 Å². The fourth-order valence-corrected chi connectivity index (χ4v) is 1.29. The molecule has 1 atom stereocenters. The van der Waals surface area contributed by atoms with Crippen LogP contribution >= 0.6 is 0 Å². The first-order chi connectivity index (χ1) is 5.40. The van der Waals surface area contributed by atoms with Gasteiger partial charge in [-0.15, -0.1) is 0 Å². The fourth-order valence-electron chi connectivity index (χ4n) is 1.29. The molecule has 2 heterocycles. The minimum Gasteiger partial charge on any atom is -0.499 e. The van der Waals surface area contributed by atoms with E-state index < -0.39 is 0 Å². The Morgan fingerprint density at radius 2 is 2.64 bits per heavy atom. The van der Waals surface area contributed by atoms with Gasteiger partial charge in [0.1, 0.15) is 11.6 Å². The molecular weight excluding hydrogens is 140 g/mol. The second-order valence-corrected chi connectivity index (χ2v) is 2.63. The van der Waals surface area contributed by atoms with E-state index in [-0.39, 0.29) is 0 Å². The highest BCUT2D eigenvalue weighted by Gasteiger charge is 2.21. The summed E-state index contributed by atoms with van der Waals surface area (Å²) in [6, 6.07) is 0. The minimum absolute atomic E-state index is 0.412. The summed E-state index contributed by atoms with van der Waals surface area (Å²) >= 11 is 0. The molecule has 1 unspecified atom stereocenters. The Balaban J connectivity index is 2.20. The van der Waals surface area contributed by atoms with E-state index in [9.17, 15) is 0 Å². The van der Waals surface area contributed by atoms with Crippen LogP contribution in [0.5, 0.6) is 0 Å².